The number of carbonyl (C=O) groups is 1. The molecule has 6 heteroatoms. The summed E-state index contributed by atoms with van der Waals surface area (Å²) in [5.41, 5.74) is 1.32. The van der Waals surface area contributed by atoms with Gasteiger partial charge in [0.2, 0.25) is 0 Å². The Morgan fingerprint density at radius 2 is 2.18 bits per heavy atom. The van der Waals surface area contributed by atoms with Crippen LogP contribution in [0, 0.1) is 17.2 Å². The summed E-state index contributed by atoms with van der Waals surface area (Å²) >= 11 is 0. The smallest absolute Gasteiger partial charge is 0.256 e. The second kappa shape index (κ2) is 6.31. The number of hydrogen-bond acceptors (Lipinski definition) is 4. The van der Waals surface area contributed by atoms with Crippen molar-refractivity contribution in [3.63, 3.8) is 0 Å². The minimum Gasteiger partial charge on any atom is -0.348 e. The molecule has 2 aromatic rings. The summed E-state index contributed by atoms with van der Waals surface area (Å²) in [6.45, 7) is 0. The Balaban J connectivity index is 1.71. The molecule has 0 saturated heterocycles. The molecule has 1 atom stereocenters. The number of para-hydroxylation sites is 1. The number of nitrogens with zero attached hydrogens (tertiary/aromatic N) is 2. The van der Waals surface area contributed by atoms with Crippen LogP contribution in [0.1, 0.15) is 29.6 Å². The van der Waals surface area contributed by atoms with Crippen LogP contribution in [0.15, 0.2) is 36.5 Å². The molecule has 3 N–H and O–H groups in total. The number of H-pyrrole nitrogens is 1. The molecule has 1 aliphatic carbocycles. The predicted octanol–water partition coefficient (Wildman–Crippen LogP) is 2.58. The molecule has 0 unspecified atom stereocenters. The van der Waals surface area contributed by atoms with Crippen molar-refractivity contribution in [3.05, 3.63) is 42.1 Å². The largest absolute Gasteiger partial charge is 0.348 e. The highest BCUT2D eigenvalue weighted by atomic mass is 16.1. The molecule has 112 valence electrons. The predicted molar refractivity (Wildman–Crippen MR) is 82.5 cm³/mol. The lowest BCUT2D eigenvalue weighted by molar-refractivity contribution is 0.0934. The van der Waals surface area contributed by atoms with E-state index in [1.54, 1.807) is 0 Å². The van der Waals surface area contributed by atoms with Gasteiger partial charge in [0, 0.05) is 11.7 Å². The van der Waals surface area contributed by atoms with Gasteiger partial charge in [0.25, 0.3) is 5.91 Å². The highest BCUT2D eigenvalue weighted by molar-refractivity contribution is 5.99. The van der Waals surface area contributed by atoms with E-state index in [0.717, 1.165) is 18.5 Å². The molecule has 0 aliphatic heterocycles. The van der Waals surface area contributed by atoms with Crippen molar-refractivity contribution in [2.75, 3.05) is 5.32 Å². The van der Waals surface area contributed by atoms with Crippen molar-refractivity contribution in [2.24, 2.45) is 5.92 Å². The maximum atomic E-state index is 12.4. The van der Waals surface area contributed by atoms with E-state index in [1.807, 2.05) is 30.3 Å². The molecular weight excluding hydrogens is 278 g/mol. The molecule has 1 heterocycles. The molecule has 1 aromatic carbocycles. The Morgan fingerprint density at radius 1 is 1.41 bits per heavy atom. The number of benzene rings is 1. The van der Waals surface area contributed by atoms with Crippen LogP contribution in [0.25, 0.3) is 0 Å². The first-order chi connectivity index (χ1) is 10.8. The van der Waals surface area contributed by atoms with Crippen molar-refractivity contribution in [1.82, 2.24) is 15.5 Å². The highest BCUT2D eigenvalue weighted by Gasteiger charge is 2.32. The summed E-state index contributed by atoms with van der Waals surface area (Å²) in [6, 6.07) is 11.6. The van der Waals surface area contributed by atoms with E-state index in [9.17, 15) is 4.79 Å². The number of amides is 1. The zero-order chi connectivity index (χ0) is 15.4. The zero-order valence-electron chi connectivity index (χ0n) is 12.0. The molecule has 1 fully saturated rings. The normalized spacial score (nSPS) is 14.9. The fourth-order valence-corrected chi connectivity index (χ4v) is 2.40. The Bertz CT molecular complexity index is 684. The number of nitriles is 1. The van der Waals surface area contributed by atoms with Gasteiger partial charge < -0.3 is 10.6 Å². The third-order valence-corrected chi connectivity index (χ3v) is 3.75. The number of aromatic amines is 1. The second-order valence-electron chi connectivity index (χ2n) is 5.43. The molecule has 0 spiro atoms. The summed E-state index contributed by atoms with van der Waals surface area (Å²) in [5, 5.41) is 21.7. The van der Waals surface area contributed by atoms with Gasteiger partial charge in [-0.05, 0) is 30.9 Å². The fourth-order valence-electron chi connectivity index (χ4n) is 2.40. The Kier molecular flexibility index (Phi) is 4.05. The maximum Gasteiger partial charge on any atom is 0.256 e. The lowest BCUT2D eigenvalue weighted by Crippen LogP contribution is -2.36. The number of hydrogen-bond donors (Lipinski definition) is 3. The topological polar surface area (TPSA) is 93.6 Å². The van der Waals surface area contributed by atoms with E-state index in [0.29, 0.717) is 23.7 Å². The van der Waals surface area contributed by atoms with Crippen molar-refractivity contribution in [2.45, 2.75) is 25.3 Å². The summed E-state index contributed by atoms with van der Waals surface area (Å²) in [4.78, 5) is 12.4. The number of nitrogens with one attached hydrogen (secondary N) is 3. The SMILES string of the molecule is N#CC[C@H](NC(=O)c1cn[nH]c1Nc1ccccc1)C1CC1. The van der Waals surface area contributed by atoms with Gasteiger partial charge in [-0.2, -0.15) is 10.4 Å². The molecule has 3 rings (SSSR count). The van der Waals surface area contributed by atoms with Crippen molar-refractivity contribution in [3.8, 4) is 6.07 Å². The van der Waals surface area contributed by atoms with Crippen LogP contribution in [-0.4, -0.2) is 22.1 Å². The average Bonchev–Trinajstić information content (AvgIpc) is 3.28. The van der Waals surface area contributed by atoms with Crippen LogP contribution in [0.5, 0.6) is 0 Å². The van der Waals surface area contributed by atoms with Gasteiger partial charge in [-0.3, -0.25) is 9.89 Å². The quantitative estimate of drug-likeness (QED) is 0.763. The van der Waals surface area contributed by atoms with Gasteiger partial charge in [0.15, 0.2) is 0 Å². The van der Waals surface area contributed by atoms with E-state index in [2.05, 4.69) is 26.9 Å². The van der Waals surface area contributed by atoms with E-state index >= 15 is 0 Å². The maximum absolute atomic E-state index is 12.4. The molecular formula is C16H17N5O. The second-order valence-corrected chi connectivity index (χ2v) is 5.43. The van der Waals surface area contributed by atoms with Crippen molar-refractivity contribution in [1.29, 1.82) is 5.26 Å². The summed E-state index contributed by atoms with van der Waals surface area (Å²) < 4.78 is 0. The first kappa shape index (κ1) is 14.1. The van der Waals surface area contributed by atoms with Gasteiger partial charge in [0.1, 0.15) is 11.4 Å². The molecule has 1 aliphatic rings. The van der Waals surface area contributed by atoms with Crippen molar-refractivity contribution < 1.29 is 4.79 Å². The molecule has 0 bridgehead atoms. The van der Waals surface area contributed by atoms with Crippen LogP contribution in [-0.2, 0) is 0 Å². The van der Waals surface area contributed by atoms with E-state index in [4.69, 9.17) is 5.26 Å². The standard InChI is InChI=1S/C16H17N5O/c17-9-8-14(11-6-7-11)20-16(22)13-10-18-21-15(13)19-12-4-2-1-3-5-12/h1-5,10-11,14H,6-8H2,(H,20,22)(H2,18,19,21)/t14-/m0/s1. The first-order valence-electron chi connectivity index (χ1n) is 7.31. The fraction of sp³-hybridized carbons (Fsp3) is 0.312. The monoisotopic (exact) mass is 295 g/mol. The van der Waals surface area contributed by atoms with Crippen LogP contribution >= 0.6 is 0 Å². The minimum absolute atomic E-state index is 0.0722. The lowest BCUT2D eigenvalue weighted by atomic mass is 10.1. The molecule has 0 radical (unpaired) electrons. The summed E-state index contributed by atoms with van der Waals surface area (Å²) in [6.07, 6.45) is 3.99. The van der Waals surface area contributed by atoms with Gasteiger partial charge in [-0.1, -0.05) is 18.2 Å². The Labute approximate surface area is 128 Å². The number of carbonyl (C=O) groups excluding carboxylic acids is 1. The van der Waals surface area contributed by atoms with Crippen LogP contribution < -0.4 is 10.6 Å². The summed E-state index contributed by atoms with van der Waals surface area (Å²) in [7, 11) is 0. The third kappa shape index (κ3) is 3.26. The number of anilines is 2. The Hall–Kier alpha value is -2.81. The van der Waals surface area contributed by atoms with Crippen LogP contribution in [0.4, 0.5) is 11.5 Å². The van der Waals surface area contributed by atoms with E-state index in [1.165, 1.54) is 6.20 Å². The molecule has 1 aromatic heterocycles. The average molecular weight is 295 g/mol. The zero-order valence-corrected chi connectivity index (χ0v) is 12.0. The molecule has 1 saturated carbocycles. The first-order valence-corrected chi connectivity index (χ1v) is 7.31. The number of aromatic nitrogens is 2. The van der Waals surface area contributed by atoms with Gasteiger partial charge in [0.05, 0.1) is 18.7 Å². The third-order valence-electron chi connectivity index (χ3n) is 3.75. The molecule has 1 amide bonds. The van der Waals surface area contributed by atoms with Gasteiger partial charge in [-0.15, -0.1) is 0 Å². The van der Waals surface area contributed by atoms with Gasteiger partial charge >= 0.3 is 0 Å². The van der Waals surface area contributed by atoms with E-state index < -0.39 is 0 Å². The lowest BCUT2D eigenvalue weighted by Gasteiger charge is -2.15. The van der Waals surface area contributed by atoms with Crippen LogP contribution in [0.2, 0.25) is 0 Å². The molecule has 22 heavy (non-hydrogen) atoms. The van der Waals surface area contributed by atoms with Gasteiger partial charge in [-0.25, -0.2) is 0 Å². The van der Waals surface area contributed by atoms with Crippen molar-refractivity contribution >= 4 is 17.4 Å². The Morgan fingerprint density at radius 3 is 2.86 bits per heavy atom. The minimum atomic E-state index is -0.209. The highest BCUT2D eigenvalue weighted by Crippen LogP contribution is 2.34. The summed E-state index contributed by atoms with van der Waals surface area (Å²) in [5.74, 6) is 0.774. The van der Waals surface area contributed by atoms with E-state index in [-0.39, 0.29) is 11.9 Å². The number of rotatable bonds is 6. The van der Waals surface area contributed by atoms with Crippen LogP contribution in [0.3, 0.4) is 0 Å². The molecule has 6 nitrogen and oxygen atoms in total.